The van der Waals surface area contributed by atoms with Gasteiger partial charge in [-0.15, -0.1) is 0 Å². The van der Waals surface area contributed by atoms with Crippen LogP contribution in [0.1, 0.15) is 30.9 Å². The minimum atomic E-state index is -3.61. The SMILES string of the molecule is O=S(=O)(c1ccc(Cl)cc1)N(CCCN1CCC(c2noc3cc(F)ccc23)CC1)C1COC1. The number of hydrogen-bond acceptors (Lipinski definition) is 6. The topological polar surface area (TPSA) is 75.9 Å². The molecule has 2 aromatic carbocycles. The number of nitrogens with zero attached hydrogens (tertiary/aromatic N) is 3. The lowest BCUT2D eigenvalue weighted by Gasteiger charge is -2.37. The van der Waals surface area contributed by atoms with Gasteiger partial charge in [0.1, 0.15) is 5.82 Å². The van der Waals surface area contributed by atoms with Gasteiger partial charge in [0, 0.05) is 28.9 Å². The molecule has 7 nitrogen and oxygen atoms in total. The fourth-order valence-electron chi connectivity index (χ4n) is 4.74. The summed E-state index contributed by atoms with van der Waals surface area (Å²) < 4.78 is 52.1. The maximum atomic E-state index is 13.4. The van der Waals surface area contributed by atoms with E-state index in [1.165, 1.54) is 12.1 Å². The van der Waals surface area contributed by atoms with Crippen molar-refractivity contribution in [1.82, 2.24) is 14.4 Å². The fraction of sp³-hybridized carbons (Fsp3) is 0.458. The van der Waals surface area contributed by atoms with Gasteiger partial charge in [0.05, 0.1) is 29.8 Å². The number of likely N-dealkylation sites (tertiary alicyclic amines) is 1. The Hall–Kier alpha value is -2.04. The second-order valence-corrected chi connectivity index (χ2v) is 11.3. The van der Waals surface area contributed by atoms with Gasteiger partial charge in [0.15, 0.2) is 5.58 Å². The molecule has 0 bridgehead atoms. The van der Waals surface area contributed by atoms with Crippen LogP contribution >= 0.6 is 11.6 Å². The van der Waals surface area contributed by atoms with E-state index >= 15 is 0 Å². The number of sulfonamides is 1. The van der Waals surface area contributed by atoms with Crippen LogP contribution in [0, 0.1) is 5.82 Å². The third kappa shape index (κ3) is 4.85. The molecule has 3 heterocycles. The van der Waals surface area contributed by atoms with Crippen molar-refractivity contribution in [3.05, 3.63) is 59.0 Å². The van der Waals surface area contributed by atoms with Crippen molar-refractivity contribution in [2.24, 2.45) is 0 Å². The Morgan fingerprint density at radius 3 is 2.53 bits per heavy atom. The molecular weight excluding hydrogens is 481 g/mol. The lowest BCUT2D eigenvalue weighted by molar-refractivity contribution is -0.0373. The van der Waals surface area contributed by atoms with E-state index in [2.05, 4.69) is 10.1 Å². The van der Waals surface area contributed by atoms with E-state index in [1.54, 1.807) is 34.6 Å². The highest BCUT2D eigenvalue weighted by molar-refractivity contribution is 7.89. The van der Waals surface area contributed by atoms with Crippen molar-refractivity contribution in [2.45, 2.75) is 36.1 Å². The average molecular weight is 508 g/mol. The molecule has 2 fully saturated rings. The minimum absolute atomic E-state index is 0.128. The molecule has 182 valence electrons. The van der Waals surface area contributed by atoms with E-state index in [4.69, 9.17) is 20.9 Å². The van der Waals surface area contributed by atoms with Gasteiger partial charge in [0.2, 0.25) is 10.0 Å². The Kier molecular flexibility index (Phi) is 6.90. The van der Waals surface area contributed by atoms with E-state index in [1.807, 2.05) is 0 Å². The van der Waals surface area contributed by atoms with Crippen LogP contribution < -0.4 is 0 Å². The number of halogens is 2. The smallest absolute Gasteiger partial charge is 0.243 e. The van der Waals surface area contributed by atoms with Crippen molar-refractivity contribution < 1.29 is 22.1 Å². The van der Waals surface area contributed by atoms with Gasteiger partial charge in [-0.3, -0.25) is 0 Å². The molecule has 3 aromatic rings. The van der Waals surface area contributed by atoms with E-state index in [9.17, 15) is 12.8 Å². The summed E-state index contributed by atoms with van der Waals surface area (Å²) in [7, 11) is -3.61. The van der Waals surface area contributed by atoms with Crippen LogP contribution in [0.2, 0.25) is 5.02 Å². The number of aromatic nitrogens is 1. The molecule has 2 saturated heterocycles. The van der Waals surface area contributed by atoms with Crippen LogP contribution in [-0.2, 0) is 14.8 Å². The highest BCUT2D eigenvalue weighted by Crippen LogP contribution is 2.33. The van der Waals surface area contributed by atoms with Crippen molar-refractivity contribution >= 4 is 32.6 Å². The normalized spacial score (nSPS) is 18.6. The van der Waals surface area contributed by atoms with Crippen LogP contribution in [0.3, 0.4) is 0 Å². The van der Waals surface area contributed by atoms with E-state index in [-0.39, 0.29) is 22.7 Å². The first-order valence-electron chi connectivity index (χ1n) is 11.5. The molecule has 10 heteroatoms. The summed E-state index contributed by atoms with van der Waals surface area (Å²) in [6.45, 7) is 3.91. The molecule has 0 atom stereocenters. The van der Waals surface area contributed by atoms with Crippen LogP contribution in [0.15, 0.2) is 51.9 Å². The van der Waals surface area contributed by atoms with Crippen LogP contribution in [0.4, 0.5) is 4.39 Å². The Morgan fingerprint density at radius 2 is 1.85 bits per heavy atom. The largest absolute Gasteiger partial charge is 0.378 e. The first-order chi connectivity index (χ1) is 16.4. The van der Waals surface area contributed by atoms with Gasteiger partial charge < -0.3 is 14.2 Å². The number of hydrogen-bond donors (Lipinski definition) is 0. The van der Waals surface area contributed by atoms with Crippen molar-refractivity contribution in [1.29, 1.82) is 0 Å². The molecular formula is C24H27ClFN3O4S. The van der Waals surface area contributed by atoms with Crippen molar-refractivity contribution in [3.63, 3.8) is 0 Å². The third-order valence-electron chi connectivity index (χ3n) is 6.74. The lowest BCUT2D eigenvalue weighted by Crippen LogP contribution is -2.52. The maximum Gasteiger partial charge on any atom is 0.243 e. The quantitative estimate of drug-likeness (QED) is 0.453. The van der Waals surface area contributed by atoms with E-state index in [0.29, 0.717) is 30.4 Å². The van der Waals surface area contributed by atoms with Gasteiger partial charge in [0.25, 0.3) is 0 Å². The number of piperidine rings is 1. The molecule has 0 radical (unpaired) electrons. The predicted molar refractivity (Wildman–Crippen MR) is 127 cm³/mol. The van der Waals surface area contributed by atoms with Gasteiger partial charge >= 0.3 is 0 Å². The molecule has 0 unspecified atom stereocenters. The number of fused-ring (bicyclic) bond motifs is 1. The first kappa shape index (κ1) is 23.7. The summed E-state index contributed by atoms with van der Waals surface area (Å²) in [6.07, 6.45) is 2.60. The van der Waals surface area contributed by atoms with E-state index in [0.717, 1.165) is 50.0 Å². The zero-order valence-corrected chi connectivity index (χ0v) is 20.3. The maximum absolute atomic E-state index is 13.4. The molecule has 0 aliphatic carbocycles. The highest BCUT2D eigenvalue weighted by atomic mass is 35.5. The minimum Gasteiger partial charge on any atom is -0.378 e. The summed E-state index contributed by atoms with van der Waals surface area (Å²) in [5.41, 5.74) is 1.39. The summed E-state index contributed by atoms with van der Waals surface area (Å²) >= 11 is 5.93. The Labute approximate surface area is 203 Å². The standard InChI is InChI=1S/C24H27ClFN3O4S/c25-18-2-5-21(6-3-18)34(30,31)29(20-15-32-16-20)11-1-10-28-12-8-17(9-13-28)24-22-7-4-19(26)14-23(22)33-27-24/h2-7,14,17,20H,1,8-13,15-16H2. The molecule has 34 heavy (non-hydrogen) atoms. The van der Waals surface area contributed by atoms with Crippen molar-refractivity contribution in [2.75, 3.05) is 39.4 Å². The first-order valence-corrected chi connectivity index (χ1v) is 13.4. The zero-order chi connectivity index (χ0) is 23.7. The monoisotopic (exact) mass is 507 g/mol. The second-order valence-electron chi connectivity index (χ2n) is 8.94. The summed E-state index contributed by atoms with van der Waals surface area (Å²) in [5, 5.41) is 5.60. The molecule has 0 N–H and O–H groups in total. The number of rotatable bonds is 8. The zero-order valence-electron chi connectivity index (χ0n) is 18.7. The summed E-state index contributed by atoms with van der Waals surface area (Å²) in [6, 6.07) is 10.7. The predicted octanol–water partition coefficient (Wildman–Crippen LogP) is 4.28. The molecule has 5 rings (SSSR count). The van der Waals surface area contributed by atoms with Crippen LogP contribution in [0.25, 0.3) is 11.0 Å². The van der Waals surface area contributed by atoms with Gasteiger partial charge in [-0.25, -0.2) is 12.8 Å². The molecule has 0 spiro atoms. The molecule has 2 aliphatic rings. The average Bonchev–Trinajstić information content (AvgIpc) is 3.21. The second kappa shape index (κ2) is 9.91. The molecule has 0 saturated carbocycles. The van der Waals surface area contributed by atoms with Gasteiger partial charge in [-0.2, -0.15) is 4.31 Å². The molecule has 0 amide bonds. The number of ether oxygens (including phenoxy) is 1. The van der Waals surface area contributed by atoms with Gasteiger partial charge in [-0.1, -0.05) is 16.8 Å². The summed E-state index contributed by atoms with van der Waals surface area (Å²) in [4.78, 5) is 2.62. The van der Waals surface area contributed by atoms with Crippen molar-refractivity contribution in [3.8, 4) is 0 Å². The highest BCUT2D eigenvalue weighted by Gasteiger charge is 2.35. The lowest BCUT2D eigenvalue weighted by atomic mass is 9.91. The van der Waals surface area contributed by atoms with Gasteiger partial charge in [-0.05, 0) is 75.3 Å². The number of benzene rings is 2. The third-order valence-corrected chi connectivity index (χ3v) is 8.96. The Bertz CT molecular complexity index is 1240. The van der Waals surface area contributed by atoms with Crippen LogP contribution in [0.5, 0.6) is 0 Å². The molecule has 1 aromatic heterocycles. The Morgan fingerprint density at radius 1 is 1.12 bits per heavy atom. The van der Waals surface area contributed by atoms with Crippen LogP contribution in [-0.4, -0.2) is 68.2 Å². The summed E-state index contributed by atoms with van der Waals surface area (Å²) in [5.74, 6) is -0.0533. The fourth-order valence-corrected chi connectivity index (χ4v) is 6.50. The Balaban J connectivity index is 1.17. The molecule has 2 aliphatic heterocycles. The van der Waals surface area contributed by atoms with E-state index < -0.39 is 10.0 Å².